The third-order valence-corrected chi connectivity index (χ3v) is 5.30. The van der Waals surface area contributed by atoms with E-state index in [1.54, 1.807) is 30.3 Å². The Morgan fingerprint density at radius 3 is 2.47 bits per heavy atom. The Labute approximate surface area is 184 Å². The van der Waals surface area contributed by atoms with Gasteiger partial charge in [0.2, 0.25) is 5.78 Å². The first kappa shape index (κ1) is 21.2. The van der Waals surface area contributed by atoms with Crippen LogP contribution in [0.25, 0.3) is 16.6 Å². The summed E-state index contributed by atoms with van der Waals surface area (Å²) in [4.78, 5) is 37.4. The van der Waals surface area contributed by atoms with Crippen LogP contribution in [0.15, 0.2) is 59.4 Å². The lowest BCUT2D eigenvalue weighted by molar-refractivity contribution is -0.143. The van der Waals surface area contributed by atoms with Crippen LogP contribution < -0.4 is 5.56 Å². The molecule has 8 nitrogen and oxygen atoms in total. The molecule has 0 amide bonds. The van der Waals surface area contributed by atoms with E-state index in [0.717, 1.165) is 27.3 Å². The number of carbonyl (C=O) groups is 2. The van der Waals surface area contributed by atoms with Crippen molar-refractivity contribution >= 4 is 22.7 Å². The van der Waals surface area contributed by atoms with Crippen LogP contribution in [-0.2, 0) is 16.1 Å². The number of aromatic nitrogens is 4. The van der Waals surface area contributed by atoms with Crippen LogP contribution in [0, 0.1) is 20.8 Å². The molecule has 4 aromatic rings. The van der Waals surface area contributed by atoms with Crippen molar-refractivity contribution < 1.29 is 14.3 Å². The molecule has 0 aliphatic rings. The van der Waals surface area contributed by atoms with E-state index < -0.39 is 24.7 Å². The molecule has 0 saturated heterocycles. The maximum Gasteiger partial charge on any atom is 0.328 e. The summed E-state index contributed by atoms with van der Waals surface area (Å²) in [7, 11) is 0. The Balaban J connectivity index is 1.46. The number of esters is 1. The standard InChI is InChI=1S/C24H22N4O4/c1-15-8-10-18(11-9-15)28-16(2)12-20(17(28)3)22(29)14-32-23(30)13-27-24(31)19-6-4-5-7-21(19)25-26-27/h4-12H,13-14H2,1-3H3. The molecule has 8 heteroatoms. The van der Waals surface area contributed by atoms with Gasteiger partial charge in [0.25, 0.3) is 5.56 Å². The van der Waals surface area contributed by atoms with Crippen molar-refractivity contribution in [2.45, 2.75) is 27.3 Å². The number of rotatable bonds is 6. The normalized spacial score (nSPS) is 11.0. The van der Waals surface area contributed by atoms with Gasteiger partial charge in [0.05, 0.1) is 5.39 Å². The number of ether oxygens (including phenoxy) is 1. The molecule has 2 heterocycles. The molecule has 4 rings (SSSR count). The maximum atomic E-state index is 12.7. The SMILES string of the molecule is Cc1ccc(-n2c(C)cc(C(=O)COC(=O)Cn3nnc4ccccc4c3=O)c2C)cc1. The summed E-state index contributed by atoms with van der Waals surface area (Å²) in [6, 6.07) is 16.5. The Bertz CT molecular complexity index is 1380. The number of ketones is 1. The van der Waals surface area contributed by atoms with E-state index >= 15 is 0 Å². The number of carbonyl (C=O) groups excluding carboxylic acids is 2. The number of benzene rings is 2. The van der Waals surface area contributed by atoms with Crippen molar-refractivity contribution in [1.82, 2.24) is 19.6 Å². The highest BCUT2D eigenvalue weighted by Gasteiger charge is 2.19. The molecule has 0 radical (unpaired) electrons. The minimum Gasteiger partial charge on any atom is -0.456 e. The number of hydrogen-bond donors (Lipinski definition) is 0. The summed E-state index contributed by atoms with van der Waals surface area (Å²) in [6.45, 7) is 4.94. The summed E-state index contributed by atoms with van der Waals surface area (Å²) in [5.41, 5.74) is 4.26. The van der Waals surface area contributed by atoms with Crippen molar-refractivity contribution in [1.29, 1.82) is 0 Å². The number of nitrogens with zero attached hydrogens (tertiary/aromatic N) is 4. The van der Waals surface area contributed by atoms with Crippen LogP contribution in [0.5, 0.6) is 0 Å². The lowest BCUT2D eigenvalue weighted by Gasteiger charge is -2.10. The van der Waals surface area contributed by atoms with Crippen LogP contribution >= 0.6 is 0 Å². The third kappa shape index (κ3) is 4.07. The molecule has 0 fully saturated rings. The lowest BCUT2D eigenvalue weighted by atomic mass is 10.1. The fourth-order valence-corrected chi connectivity index (χ4v) is 3.65. The predicted molar refractivity (Wildman–Crippen MR) is 119 cm³/mol. The van der Waals surface area contributed by atoms with Gasteiger partial charge in [-0.05, 0) is 51.1 Å². The second-order valence-electron chi connectivity index (χ2n) is 7.61. The molecule has 0 atom stereocenters. The number of fused-ring (bicyclic) bond motifs is 1. The van der Waals surface area contributed by atoms with Crippen LogP contribution in [0.3, 0.4) is 0 Å². The van der Waals surface area contributed by atoms with Gasteiger partial charge in [-0.15, -0.1) is 5.10 Å². The number of hydrogen-bond acceptors (Lipinski definition) is 6. The van der Waals surface area contributed by atoms with Gasteiger partial charge in [-0.2, -0.15) is 4.68 Å². The highest BCUT2D eigenvalue weighted by Crippen LogP contribution is 2.21. The molecule has 0 N–H and O–H groups in total. The van der Waals surface area contributed by atoms with E-state index in [1.165, 1.54) is 0 Å². The van der Waals surface area contributed by atoms with Crippen LogP contribution in [-0.4, -0.2) is 37.9 Å². The van der Waals surface area contributed by atoms with Crippen molar-refractivity contribution in [3.63, 3.8) is 0 Å². The predicted octanol–water partition coefficient (Wildman–Crippen LogP) is 2.93. The van der Waals surface area contributed by atoms with E-state index in [-0.39, 0.29) is 5.78 Å². The number of Topliss-reactive ketones (excluding diaryl/α,β-unsaturated/α-hetero) is 1. The first-order valence-electron chi connectivity index (χ1n) is 10.1. The van der Waals surface area contributed by atoms with E-state index in [9.17, 15) is 14.4 Å². The van der Waals surface area contributed by atoms with Crippen LogP contribution in [0.2, 0.25) is 0 Å². The van der Waals surface area contributed by atoms with Gasteiger partial charge in [-0.3, -0.25) is 14.4 Å². The molecule has 0 saturated carbocycles. The molecule has 0 aliphatic heterocycles. The van der Waals surface area contributed by atoms with Gasteiger partial charge >= 0.3 is 5.97 Å². The Morgan fingerprint density at radius 2 is 1.72 bits per heavy atom. The topological polar surface area (TPSA) is 96.1 Å². The summed E-state index contributed by atoms with van der Waals surface area (Å²) in [6.07, 6.45) is 0. The molecule has 2 aromatic carbocycles. The Hall–Kier alpha value is -4.07. The minimum absolute atomic E-state index is 0.318. The largest absolute Gasteiger partial charge is 0.456 e. The summed E-state index contributed by atoms with van der Waals surface area (Å²) in [5.74, 6) is -1.06. The van der Waals surface area contributed by atoms with E-state index in [4.69, 9.17) is 4.74 Å². The van der Waals surface area contributed by atoms with Gasteiger partial charge in [0, 0.05) is 22.6 Å². The average Bonchev–Trinajstić information content (AvgIpc) is 3.09. The van der Waals surface area contributed by atoms with E-state index in [2.05, 4.69) is 10.3 Å². The monoisotopic (exact) mass is 430 g/mol. The van der Waals surface area contributed by atoms with Crippen molar-refractivity contribution in [3.05, 3.63) is 87.5 Å². The Kier molecular flexibility index (Phi) is 5.68. The first-order valence-corrected chi connectivity index (χ1v) is 10.1. The molecule has 0 bridgehead atoms. The zero-order valence-electron chi connectivity index (χ0n) is 18.0. The Morgan fingerprint density at radius 1 is 1.00 bits per heavy atom. The van der Waals surface area contributed by atoms with E-state index in [1.807, 2.05) is 49.6 Å². The molecule has 0 aliphatic carbocycles. The highest BCUT2D eigenvalue weighted by molar-refractivity contribution is 5.99. The smallest absolute Gasteiger partial charge is 0.328 e. The minimum atomic E-state index is -0.739. The van der Waals surface area contributed by atoms with E-state index in [0.29, 0.717) is 16.5 Å². The van der Waals surface area contributed by atoms with Gasteiger partial charge in [-0.1, -0.05) is 35.0 Å². The molecule has 32 heavy (non-hydrogen) atoms. The summed E-state index contributed by atoms with van der Waals surface area (Å²) < 4.78 is 8.04. The number of aryl methyl sites for hydroxylation is 2. The van der Waals surface area contributed by atoms with Crippen LogP contribution in [0.1, 0.15) is 27.3 Å². The second-order valence-corrected chi connectivity index (χ2v) is 7.61. The zero-order valence-corrected chi connectivity index (χ0v) is 18.0. The quantitative estimate of drug-likeness (QED) is 0.345. The van der Waals surface area contributed by atoms with Gasteiger partial charge in [-0.25, -0.2) is 0 Å². The van der Waals surface area contributed by atoms with Gasteiger partial charge in [0.15, 0.2) is 6.61 Å². The maximum absolute atomic E-state index is 12.7. The fourth-order valence-electron chi connectivity index (χ4n) is 3.65. The molecule has 2 aromatic heterocycles. The average molecular weight is 430 g/mol. The van der Waals surface area contributed by atoms with Gasteiger partial charge in [0.1, 0.15) is 12.1 Å². The lowest BCUT2D eigenvalue weighted by Crippen LogP contribution is -2.29. The fraction of sp³-hybridized carbons (Fsp3) is 0.208. The van der Waals surface area contributed by atoms with Crippen molar-refractivity contribution in [2.75, 3.05) is 6.61 Å². The van der Waals surface area contributed by atoms with Crippen molar-refractivity contribution in [2.24, 2.45) is 0 Å². The van der Waals surface area contributed by atoms with Crippen molar-refractivity contribution in [3.8, 4) is 5.69 Å². The molecule has 162 valence electrons. The van der Waals surface area contributed by atoms with Crippen LogP contribution in [0.4, 0.5) is 0 Å². The van der Waals surface area contributed by atoms with Gasteiger partial charge < -0.3 is 9.30 Å². The summed E-state index contributed by atoms with van der Waals surface area (Å²) in [5, 5.41) is 8.05. The zero-order chi connectivity index (χ0) is 22.8. The second kappa shape index (κ2) is 8.58. The molecular weight excluding hydrogens is 408 g/mol. The molecular formula is C24H22N4O4. The molecule has 0 unspecified atom stereocenters. The molecule has 0 spiro atoms. The third-order valence-electron chi connectivity index (χ3n) is 5.30. The summed E-state index contributed by atoms with van der Waals surface area (Å²) >= 11 is 0. The highest BCUT2D eigenvalue weighted by atomic mass is 16.5. The first-order chi connectivity index (χ1) is 15.3.